The number of nitrogen functional groups attached to an aromatic ring is 2. The van der Waals surface area contributed by atoms with E-state index in [2.05, 4.69) is 35.7 Å². The Morgan fingerprint density at radius 2 is 2.07 bits per heavy atom. The molecule has 0 bridgehead atoms. The van der Waals surface area contributed by atoms with E-state index < -0.39 is 0 Å². The number of nitrogens with zero attached hydrogens (tertiary/aromatic N) is 4. The fraction of sp³-hybridized carbons (Fsp3) is 0.222. The Morgan fingerprint density at radius 3 is 2.85 bits per heavy atom. The van der Waals surface area contributed by atoms with Gasteiger partial charge in [0.25, 0.3) is 0 Å². The average Bonchev–Trinajstić information content (AvgIpc) is 3.25. The van der Waals surface area contributed by atoms with Crippen LogP contribution in [-0.2, 0) is 6.42 Å². The number of benzene rings is 1. The van der Waals surface area contributed by atoms with E-state index in [9.17, 15) is 0 Å². The fourth-order valence-electron chi connectivity index (χ4n) is 3.11. The first kappa shape index (κ1) is 16.8. The Bertz CT molecular complexity index is 1080. The largest absolute Gasteiger partial charge is 0.398 e. The van der Waals surface area contributed by atoms with Crippen molar-refractivity contribution in [2.45, 2.75) is 19.8 Å². The first-order valence-corrected chi connectivity index (χ1v) is 8.71. The second kappa shape index (κ2) is 6.94. The zero-order valence-corrected chi connectivity index (χ0v) is 15.0. The van der Waals surface area contributed by atoms with Crippen molar-refractivity contribution in [2.24, 2.45) is 0 Å². The summed E-state index contributed by atoms with van der Waals surface area (Å²) in [6, 6.07) is 5.63. The Labute approximate surface area is 155 Å². The van der Waals surface area contributed by atoms with Crippen molar-refractivity contribution in [1.29, 1.82) is 0 Å². The minimum Gasteiger partial charge on any atom is -0.398 e. The summed E-state index contributed by atoms with van der Waals surface area (Å²) in [5.74, 6) is 0.978. The molecule has 0 amide bonds. The first-order chi connectivity index (χ1) is 13.1. The first-order valence-electron chi connectivity index (χ1n) is 8.71. The van der Waals surface area contributed by atoms with Crippen molar-refractivity contribution in [3.63, 3.8) is 0 Å². The molecule has 0 aliphatic heterocycles. The topological polar surface area (TPSA) is 147 Å². The van der Waals surface area contributed by atoms with E-state index in [4.69, 9.17) is 11.5 Å². The van der Waals surface area contributed by atoms with E-state index in [0.29, 0.717) is 5.69 Å². The number of fused-ring (bicyclic) bond motifs is 1. The maximum Gasteiger partial charge on any atom is 0.220 e. The van der Waals surface area contributed by atoms with Gasteiger partial charge in [0.15, 0.2) is 5.82 Å². The number of hydrogen-bond donors (Lipinski definition) is 5. The predicted octanol–water partition coefficient (Wildman–Crippen LogP) is 2.26. The van der Waals surface area contributed by atoms with Crippen molar-refractivity contribution in [3.05, 3.63) is 41.9 Å². The van der Waals surface area contributed by atoms with Crippen molar-refractivity contribution < 1.29 is 0 Å². The summed E-state index contributed by atoms with van der Waals surface area (Å²) >= 11 is 0. The van der Waals surface area contributed by atoms with Crippen LogP contribution in [0.3, 0.4) is 0 Å². The van der Waals surface area contributed by atoms with Crippen LogP contribution in [0.15, 0.2) is 30.6 Å². The Morgan fingerprint density at radius 1 is 1.19 bits per heavy atom. The molecule has 9 nitrogen and oxygen atoms in total. The van der Waals surface area contributed by atoms with Crippen LogP contribution in [0.2, 0.25) is 0 Å². The van der Waals surface area contributed by atoms with Gasteiger partial charge < -0.3 is 16.8 Å². The lowest BCUT2D eigenvalue weighted by atomic mass is 10.1. The number of nitrogens with one attached hydrogen (secondary N) is 3. The van der Waals surface area contributed by atoms with Gasteiger partial charge in [0.2, 0.25) is 5.95 Å². The SMILES string of the molecule is Cc1[nH]ncc1CCCNc1n[nH]c2cc(-c3ccnc(N)n3)cc(N)c12. The number of aromatic amines is 2. The molecule has 4 aromatic rings. The van der Waals surface area contributed by atoms with Gasteiger partial charge in [-0.15, -0.1) is 0 Å². The minimum atomic E-state index is 0.228. The lowest BCUT2D eigenvalue weighted by Crippen LogP contribution is -2.04. The van der Waals surface area contributed by atoms with Crippen LogP contribution >= 0.6 is 0 Å². The molecule has 0 atom stereocenters. The Balaban J connectivity index is 1.50. The van der Waals surface area contributed by atoms with Crippen molar-refractivity contribution in [1.82, 2.24) is 30.4 Å². The van der Waals surface area contributed by atoms with Gasteiger partial charge in [0.1, 0.15) is 0 Å². The summed E-state index contributed by atoms with van der Waals surface area (Å²) in [5, 5.41) is 18.6. The van der Waals surface area contributed by atoms with Gasteiger partial charge >= 0.3 is 0 Å². The molecule has 27 heavy (non-hydrogen) atoms. The van der Waals surface area contributed by atoms with E-state index >= 15 is 0 Å². The van der Waals surface area contributed by atoms with E-state index in [0.717, 1.165) is 53.1 Å². The predicted molar refractivity (Wildman–Crippen MR) is 106 cm³/mol. The number of hydrogen-bond acceptors (Lipinski definition) is 7. The summed E-state index contributed by atoms with van der Waals surface area (Å²) in [4.78, 5) is 8.16. The number of rotatable bonds is 6. The van der Waals surface area contributed by atoms with Gasteiger partial charge in [0.05, 0.1) is 22.8 Å². The van der Waals surface area contributed by atoms with Crippen LogP contribution in [-0.4, -0.2) is 36.9 Å². The standard InChI is InChI=1S/C18H21N9/c1-10-11(9-23-25-10)3-2-5-21-17-16-13(19)7-12(8-15(16)26-27-17)14-4-6-22-18(20)24-14/h4,6-9H,2-3,5,19H2,1H3,(H,23,25)(H2,20,22,24)(H2,21,26,27). The van der Waals surface area contributed by atoms with E-state index in [1.54, 1.807) is 12.3 Å². The second-order valence-corrected chi connectivity index (χ2v) is 6.41. The van der Waals surface area contributed by atoms with Gasteiger partial charge in [-0.25, -0.2) is 9.97 Å². The molecule has 0 radical (unpaired) electrons. The molecule has 3 heterocycles. The van der Waals surface area contributed by atoms with Crippen LogP contribution in [0.1, 0.15) is 17.7 Å². The molecule has 7 N–H and O–H groups in total. The van der Waals surface area contributed by atoms with Crippen molar-refractivity contribution in [3.8, 4) is 11.3 Å². The van der Waals surface area contributed by atoms with Gasteiger partial charge in [-0.3, -0.25) is 10.2 Å². The third kappa shape index (κ3) is 3.39. The lowest BCUT2D eigenvalue weighted by Gasteiger charge is -2.07. The van der Waals surface area contributed by atoms with E-state index in [1.165, 1.54) is 5.56 Å². The van der Waals surface area contributed by atoms with Crippen LogP contribution in [0.5, 0.6) is 0 Å². The van der Waals surface area contributed by atoms with Crippen LogP contribution in [0.25, 0.3) is 22.2 Å². The number of nitrogens with two attached hydrogens (primary N) is 2. The molecule has 0 unspecified atom stereocenters. The molecule has 1 aromatic carbocycles. The summed E-state index contributed by atoms with van der Waals surface area (Å²) in [6.45, 7) is 2.81. The third-order valence-corrected chi connectivity index (χ3v) is 4.51. The molecule has 4 rings (SSSR count). The molecule has 0 fully saturated rings. The Kier molecular flexibility index (Phi) is 4.33. The highest BCUT2D eigenvalue weighted by atomic mass is 15.2. The van der Waals surface area contributed by atoms with Gasteiger partial charge in [-0.05, 0) is 43.5 Å². The number of aromatic nitrogens is 6. The molecule has 3 aromatic heterocycles. The van der Waals surface area contributed by atoms with Crippen molar-refractivity contribution >= 4 is 28.4 Å². The highest BCUT2D eigenvalue weighted by Gasteiger charge is 2.12. The quantitative estimate of drug-likeness (QED) is 0.261. The summed E-state index contributed by atoms with van der Waals surface area (Å²) in [7, 11) is 0. The average molecular weight is 363 g/mol. The van der Waals surface area contributed by atoms with Crippen LogP contribution in [0, 0.1) is 6.92 Å². The molecular formula is C18H21N9. The highest BCUT2D eigenvalue weighted by molar-refractivity contribution is 6.01. The molecule has 0 aliphatic carbocycles. The fourth-order valence-corrected chi connectivity index (χ4v) is 3.11. The van der Waals surface area contributed by atoms with Crippen LogP contribution in [0.4, 0.5) is 17.5 Å². The second-order valence-electron chi connectivity index (χ2n) is 6.41. The van der Waals surface area contributed by atoms with Gasteiger partial charge in [-0.2, -0.15) is 10.2 Å². The van der Waals surface area contributed by atoms with Crippen molar-refractivity contribution in [2.75, 3.05) is 23.3 Å². The lowest BCUT2D eigenvalue weighted by molar-refractivity contribution is 0.853. The summed E-state index contributed by atoms with van der Waals surface area (Å²) < 4.78 is 0. The molecule has 9 heteroatoms. The summed E-state index contributed by atoms with van der Waals surface area (Å²) in [5.41, 5.74) is 17.4. The summed E-state index contributed by atoms with van der Waals surface area (Å²) in [6.07, 6.45) is 5.41. The number of aryl methyl sites for hydroxylation is 2. The third-order valence-electron chi connectivity index (χ3n) is 4.51. The number of H-pyrrole nitrogens is 2. The van der Waals surface area contributed by atoms with E-state index in [-0.39, 0.29) is 5.95 Å². The van der Waals surface area contributed by atoms with Crippen LogP contribution < -0.4 is 16.8 Å². The molecule has 0 spiro atoms. The zero-order valence-electron chi connectivity index (χ0n) is 15.0. The maximum absolute atomic E-state index is 6.29. The van der Waals surface area contributed by atoms with E-state index in [1.807, 2.05) is 25.3 Å². The van der Waals surface area contributed by atoms with Gasteiger partial charge in [-0.1, -0.05) is 0 Å². The Hall–Kier alpha value is -3.62. The number of anilines is 3. The molecule has 0 saturated carbocycles. The highest BCUT2D eigenvalue weighted by Crippen LogP contribution is 2.31. The molecular weight excluding hydrogens is 342 g/mol. The molecule has 138 valence electrons. The minimum absolute atomic E-state index is 0.228. The monoisotopic (exact) mass is 363 g/mol. The molecule has 0 aliphatic rings. The maximum atomic E-state index is 6.29. The zero-order chi connectivity index (χ0) is 18.8. The smallest absolute Gasteiger partial charge is 0.220 e. The molecule has 0 saturated heterocycles. The van der Waals surface area contributed by atoms with Gasteiger partial charge in [0, 0.05) is 29.7 Å². The normalized spacial score (nSPS) is 11.1.